The van der Waals surface area contributed by atoms with Gasteiger partial charge in [0.25, 0.3) is 5.91 Å². The highest BCUT2D eigenvalue weighted by molar-refractivity contribution is 6.30. The standard InChI is InChI=1S/C16H19ClN4O/c1-12(13-3-2-4-18-10-13)20-5-7-21(8-6-20)16(22)15-9-14(17)11-19-15/h2-4,9-12,19H,5-8H2,1H3/t12-/m1/s1. The number of hydrogen-bond donors (Lipinski definition) is 1. The topological polar surface area (TPSA) is 52.2 Å². The van der Waals surface area contributed by atoms with Crippen molar-refractivity contribution in [1.29, 1.82) is 0 Å². The number of nitrogens with one attached hydrogen (secondary N) is 1. The van der Waals surface area contributed by atoms with Gasteiger partial charge in [0.2, 0.25) is 0 Å². The first-order valence-corrected chi connectivity index (χ1v) is 7.80. The van der Waals surface area contributed by atoms with Gasteiger partial charge in [0.15, 0.2) is 0 Å². The van der Waals surface area contributed by atoms with Gasteiger partial charge in [-0.25, -0.2) is 0 Å². The van der Waals surface area contributed by atoms with E-state index in [0.717, 1.165) is 26.2 Å². The average molecular weight is 319 g/mol. The summed E-state index contributed by atoms with van der Waals surface area (Å²) < 4.78 is 0. The van der Waals surface area contributed by atoms with Crippen molar-refractivity contribution in [1.82, 2.24) is 19.8 Å². The van der Waals surface area contributed by atoms with Crippen molar-refractivity contribution in [2.24, 2.45) is 0 Å². The first kappa shape index (κ1) is 15.1. The lowest BCUT2D eigenvalue weighted by Gasteiger charge is -2.38. The molecule has 116 valence electrons. The smallest absolute Gasteiger partial charge is 0.270 e. The average Bonchev–Trinajstić information content (AvgIpc) is 3.01. The van der Waals surface area contributed by atoms with Gasteiger partial charge in [0.1, 0.15) is 5.69 Å². The minimum atomic E-state index is 0.0144. The summed E-state index contributed by atoms with van der Waals surface area (Å²) in [5.41, 5.74) is 1.76. The highest BCUT2D eigenvalue weighted by Gasteiger charge is 2.26. The van der Waals surface area contributed by atoms with Gasteiger partial charge in [-0.15, -0.1) is 0 Å². The fourth-order valence-electron chi connectivity index (χ4n) is 2.81. The van der Waals surface area contributed by atoms with Crippen LogP contribution in [0.2, 0.25) is 5.02 Å². The van der Waals surface area contributed by atoms with Crippen molar-refractivity contribution in [2.45, 2.75) is 13.0 Å². The molecule has 0 unspecified atom stereocenters. The maximum absolute atomic E-state index is 12.4. The number of pyridine rings is 1. The second kappa shape index (κ2) is 6.50. The molecule has 3 heterocycles. The van der Waals surface area contributed by atoms with Crippen molar-refractivity contribution >= 4 is 17.5 Å². The molecule has 0 saturated carbocycles. The van der Waals surface area contributed by atoms with Crippen LogP contribution < -0.4 is 0 Å². The van der Waals surface area contributed by atoms with Gasteiger partial charge < -0.3 is 9.88 Å². The number of hydrogen-bond acceptors (Lipinski definition) is 3. The number of aromatic amines is 1. The van der Waals surface area contributed by atoms with E-state index in [1.165, 1.54) is 5.56 Å². The first-order valence-electron chi connectivity index (χ1n) is 7.42. The minimum absolute atomic E-state index is 0.0144. The van der Waals surface area contributed by atoms with E-state index in [2.05, 4.69) is 27.9 Å². The number of carbonyl (C=O) groups excluding carboxylic acids is 1. The lowest BCUT2D eigenvalue weighted by atomic mass is 10.1. The molecule has 1 saturated heterocycles. The fourth-order valence-corrected chi connectivity index (χ4v) is 2.97. The number of piperazine rings is 1. The number of carbonyl (C=O) groups is 1. The summed E-state index contributed by atoms with van der Waals surface area (Å²) in [6, 6.07) is 6.04. The molecule has 0 bridgehead atoms. The first-order chi connectivity index (χ1) is 10.6. The van der Waals surface area contributed by atoms with E-state index in [1.54, 1.807) is 18.5 Å². The van der Waals surface area contributed by atoms with Crippen molar-refractivity contribution in [3.05, 3.63) is 53.1 Å². The Balaban J connectivity index is 1.59. The highest BCUT2D eigenvalue weighted by Crippen LogP contribution is 2.21. The fraction of sp³-hybridized carbons (Fsp3) is 0.375. The van der Waals surface area contributed by atoms with E-state index >= 15 is 0 Å². The highest BCUT2D eigenvalue weighted by atomic mass is 35.5. The number of aromatic nitrogens is 2. The lowest BCUT2D eigenvalue weighted by molar-refractivity contribution is 0.0577. The quantitative estimate of drug-likeness (QED) is 0.946. The minimum Gasteiger partial charge on any atom is -0.356 e. The molecular weight excluding hydrogens is 300 g/mol. The molecule has 2 aromatic rings. The van der Waals surface area contributed by atoms with Gasteiger partial charge in [-0.3, -0.25) is 14.7 Å². The maximum atomic E-state index is 12.4. The van der Waals surface area contributed by atoms with Gasteiger partial charge in [-0.2, -0.15) is 0 Å². The Morgan fingerprint density at radius 3 is 2.73 bits per heavy atom. The Bertz CT molecular complexity index is 635. The molecule has 1 atom stereocenters. The summed E-state index contributed by atoms with van der Waals surface area (Å²) in [6.07, 6.45) is 5.33. The third-order valence-corrected chi connectivity index (χ3v) is 4.41. The van der Waals surface area contributed by atoms with Crippen molar-refractivity contribution in [3.8, 4) is 0 Å². The maximum Gasteiger partial charge on any atom is 0.270 e. The molecular formula is C16H19ClN4O. The molecule has 1 aliphatic rings. The number of amides is 1. The number of nitrogens with zero attached hydrogens (tertiary/aromatic N) is 3. The predicted octanol–water partition coefficient (Wildman–Crippen LogP) is 2.58. The van der Waals surface area contributed by atoms with Gasteiger partial charge in [-0.05, 0) is 24.6 Å². The number of rotatable bonds is 3. The summed E-state index contributed by atoms with van der Waals surface area (Å²) in [5, 5.41) is 0.562. The molecule has 1 N–H and O–H groups in total. The van der Waals surface area contributed by atoms with E-state index < -0.39 is 0 Å². The van der Waals surface area contributed by atoms with Crippen molar-refractivity contribution in [3.63, 3.8) is 0 Å². The van der Waals surface area contributed by atoms with Gasteiger partial charge in [0, 0.05) is 50.8 Å². The van der Waals surface area contributed by atoms with Crippen LogP contribution in [-0.2, 0) is 0 Å². The van der Waals surface area contributed by atoms with Crippen LogP contribution in [0.25, 0.3) is 0 Å². The zero-order chi connectivity index (χ0) is 15.5. The number of H-pyrrole nitrogens is 1. The van der Waals surface area contributed by atoms with E-state index in [1.807, 2.05) is 17.2 Å². The molecule has 0 aromatic carbocycles. The SMILES string of the molecule is C[C@H](c1cccnc1)N1CCN(C(=O)c2cc(Cl)c[nH]2)CC1. The van der Waals surface area contributed by atoms with Crippen molar-refractivity contribution < 1.29 is 4.79 Å². The van der Waals surface area contributed by atoms with Gasteiger partial charge in [0.05, 0.1) is 5.02 Å². The Labute approximate surface area is 134 Å². The summed E-state index contributed by atoms with van der Waals surface area (Å²) in [7, 11) is 0. The normalized spacial score (nSPS) is 17.5. The van der Waals surface area contributed by atoms with Crippen LogP contribution in [0, 0.1) is 0 Å². The largest absolute Gasteiger partial charge is 0.356 e. The summed E-state index contributed by atoms with van der Waals surface area (Å²) in [6.45, 7) is 5.34. The summed E-state index contributed by atoms with van der Waals surface area (Å²) in [4.78, 5) is 23.7. The van der Waals surface area contributed by atoms with Crippen LogP contribution in [0.1, 0.15) is 29.0 Å². The zero-order valence-electron chi connectivity index (χ0n) is 12.5. The summed E-state index contributed by atoms with van der Waals surface area (Å²) in [5.74, 6) is 0.0144. The predicted molar refractivity (Wildman–Crippen MR) is 85.9 cm³/mol. The second-order valence-corrected chi connectivity index (χ2v) is 5.96. The molecule has 3 rings (SSSR count). The zero-order valence-corrected chi connectivity index (χ0v) is 13.3. The summed E-state index contributed by atoms with van der Waals surface area (Å²) >= 11 is 5.86. The molecule has 22 heavy (non-hydrogen) atoms. The number of halogens is 1. The molecule has 1 amide bonds. The van der Waals surface area contributed by atoms with Crippen LogP contribution in [0.15, 0.2) is 36.8 Å². The second-order valence-electron chi connectivity index (χ2n) is 5.52. The van der Waals surface area contributed by atoms with E-state index in [4.69, 9.17) is 11.6 Å². The molecule has 0 spiro atoms. The molecule has 2 aromatic heterocycles. The van der Waals surface area contributed by atoms with Crippen LogP contribution >= 0.6 is 11.6 Å². The molecule has 0 radical (unpaired) electrons. The van der Waals surface area contributed by atoms with Gasteiger partial charge in [-0.1, -0.05) is 17.7 Å². The molecule has 1 aliphatic heterocycles. The molecule has 6 heteroatoms. The van der Waals surface area contributed by atoms with E-state index in [-0.39, 0.29) is 5.91 Å². The Morgan fingerprint density at radius 2 is 2.14 bits per heavy atom. The van der Waals surface area contributed by atoms with E-state index in [0.29, 0.717) is 16.8 Å². The molecule has 1 fully saturated rings. The van der Waals surface area contributed by atoms with Crippen molar-refractivity contribution in [2.75, 3.05) is 26.2 Å². The Hall–Kier alpha value is -1.85. The third-order valence-electron chi connectivity index (χ3n) is 4.19. The van der Waals surface area contributed by atoms with Crippen LogP contribution in [-0.4, -0.2) is 51.9 Å². The third kappa shape index (κ3) is 3.15. The van der Waals surface area contributed by atoms with Crippen LogP contribution in [0.3, 0.4) is 0 Å². The van der Waals surface area contributed by atoms with Crippen LogP contribution in [0.4, 0.5) is 0 Å². The molecule has 0 aliphatic carbocycles. The Kier molecular flexibility index (Phi) is 4.45. The molecule has 5 nitrogen and oxygen atoms in total. The van der Waals surface area contributed by atoms with E-state index in [9.17, 15) is 4.79 Å². The monoisotopic (exact) mass is 318 g/mol. The Morgan fingerprint density at radius 1 is 1.36 bits per heavy atom. The van der Waals surface area contributed by atoms with Gasteiger partial charge >= 0.3 is 0 Å². The lowest BCUT2D eigenvalue weighted by Crippen LogP contribution is -2.49. The van der Waals surface area contributed by atoms with Crippen LogP contribution in [0.5, 0.6) is 0 Å².